The van der Waals surface area contributed by atoms with Crippen LogP contribution < -0.4 is 4.90 Å². The van der Waals surface area contributed by atoms with Crippen LogP contribution in [0, 0.1) is 11.8 Å². The smallest absolute Gasteiger partial charge is 0.312 e. The Morgan fingerprint density at radius 1 is 1.45 bits per heavy atom. The van der Waals surface area contributed by atoms with Crippen LogP contribution in [0.2, 0.25) is 5.02 Å². The summed E-state index contributed by atoms with van der Waals surface area (Å²) in [7, 11) is 1.33. The molecule has 22 heavy (non-hydrogen) atoms. The summed E-state index contributed by atoms with van der Waals surface area (Å²) in [5.74, 6) is -1.69. The van der Waals surface area contributed by atoms with E-state index in [1.54, 1.807) is 17.0 Å². The van der Waals surface area contributed by atoms with Crippen LogP contribution in [0.3, 0.4) is 0 Å². The largest absolute Gasteiger partial charge is 0.469 e. The molecule has 0 aromatic heterocycles. The monoisotopic (exact) mass is 319 g/mol. The van der Waals surface area contributed by atoms with Crippen molar-refractivity contribution in [2.45, 2.75) is 11.7 Å². The highest BCUT2D eigenvalue weighted by atomic mass is 35.5. The number of nitrogens with zero attached hydrogens (tertiary/aromatic N) is 1. The van der Waals surface area contributed by atoms with Crippen molar-refractivity contribution in [3.8, 4) is 0 Å². The Morgan fingerprint density at radius 2 is 2.23 bits per heavy atom. The molecule has 0 unspecified atom stereocenters. The molecule has 6 heteroatoms. The van der Waals surface area contributed by atoms with E-state index in [4.69, 9.17) is 21.1 Å². The van der Waals surface area contributed by atoms with Crippen molar-refractivity contribution in [1.29, 1.82) is 0 Å². The van der Waals surface area contributed by atoms with Gasteiger partial charge >= 0.3 is 5.97 Å². The number of fused-ring (bicyclic) bond motifs is 1. The summed E-state index contributed by atoms with van der Waals surface area (Å²) in [4.78, 5) is 26.6. The molecule has 1 amide bonds. The molecule has 1 aromatic carbocycles. The zero-order valence-corrected chi connectivity index (χ0v) is 12.6. The number of hydrogen-bond donors (Lipinski definition) is 0. The Bertz CT molecular complexity index is 703. The number of methoxy groups -OCH3 is 1. The number of anilines is 1. The van der Waals surface area contributed by atoms with Gasteiger partial charge in [0.2, 0.25) is 5.91 Å². The number of hydrogen-bond acceptors (Lipinski definition) is 4. The number of ether oxygens (including phenoxy) is 2. The quantitative estimate of drug-likeness (QED) is 0.616. The number of carbonyl (C=O) groups excluding carboxylic acids is 2. The van der Waals surface area contributed by atoms with Gasteiger partial charge in [-0.05, 0) is 12.1 Å². The molecule has 0 N–H and O–H groups in total. The van der Waals surface area contributed by atoms with Gasteiger partial charge in [-0.3, -0.25) is 9.59 Å². The van der Waals surface area contributed by atoms with Crippen molar-refractivity contribution in [2.75, 3.05) is 18.6 Å². The van der Waals surface area contributed by atoms with E-state index < -0.39 is 23.4 Å². The maximum absolute atomic E-state index is 12.9. The van der Waals surface area contributed by atoms with Crippen LogP contribution >= 0.6 is 11.6 Å². The second kappa shape index (κ2) is 4.57. The maximum atomic E-state index is 12.9. The first-order valence-electron chi connectivity index (χ1n) is 7.08. The average molecular weight is 320 g/mol. The van der Waals surface area contributed by atoms with Crippen molar-refractivity contribution in [3.05, 3.63) is 41.4 Å². The van der Waals surface area contributed by atoms with E-state index in [9.17, 15) is 9.59 Å². The molecule has 0 radical (unpaired) electrons. The maximum Gasteiger partial charge on any atom is 0.312 e. The molecule has 4 rings (SSSR count). The molecule has 3 heterocycles. The summed E-state index contributed by atoms with van der Waals surface area (Å²) in [6.07, 6.45) is 3.37. The first-order valence-corrected chi connectivity index (χ1v) is 7.46. The molecular weight excluding hydrogens is 306 g/mol. The van der Waals surface area contributed by atoms with Crippen molar-refractivity contribution in [3.63, 3.8) is 0 Å². The first kappa shape index (κ1) is 13.8. The molecule has 3 aliphatic rings. The minimum absolute atomic E-state index is 0.143. The van der Waals surface area contributed by atoms with E-state index >= 15 is 0 Å². The van der Waals surface area contributed by atoms with E-state index in [1.165, 1.54) is 7.11 Å². The van der Waals surface area contributed by atoms with Crippen molar-refractivity contribution in [1.82, 2.24) is 0 Å². The lowest BCUT2D eigenvalue weighted by molar-refractivity contribution is -0.149. The fourth-order valence-electron chi connectivity index (χ4n) is 3.78. The molecule has 1 aromatic rings. The SMILES string of the molecule is COC(=O)[C@H]1[C@H]2C=C[C@@]3(CN(c4ccccc4Cl)C(=O)[C@@H]13)O2. The lowest BCUT2D eigenvalue weighted by Crippen LogP contribution is -2.39. The van der Waals surface area contributed by atoms with Gasteiger partial charge in [0.1, 0.15) is 11.5 Å². The number of halogens is 1. The van der Waals surface area contributed by atoms with Gasteiger partial charge in [-0.25, -0.2) is 0 Å². The second-order valence-corrected chi connectivity index (χ2v) is 6.21. The van der Waals surface area contributed by atoms with Gasteiger partial charge in [0, 0.05) is 0 Å². The topological polar surface area (TPSA) is 55.8 Å². The number of benzene rings is 1. The lowest BCUT2D eigenvalue weighted by atomic mass is 9.77. The van der Waals surface area contributed by atoms with Crippen molar-refractivity contribution in [2.24, 2.45) is 11.8 Å². The van der Waals surface area contributed by atoms with Crippen LogP contribution in [0.1, 0.15) is 0 Å². The van der Waals surface area contributed by atoms with Gasteiger partial charge in [0.05, 0.1) is 36.4 Å². The predicted octanol–water partition coefficient (Wildman–Crippen LogP) is 1.80. The van der Waals surface area contributed by atoms with Crippen LogP contribution in [-0.4, -0.2) is 37.2 Å². The third-order valence-electron chi connectivity index (χ3n) is 4.72. The number of amides is 1. The summed E-state index contributed by atoms with van der Waals surface area (Å²) in [6.45, 7) is 0.362. The highest BCUT2D eigenvalue weighted by Gasteiger charge is 2.67. The molecule has 4 atom stereocenters. The minimum atomic E-state index is -0.750. The predicted molar refractivity (Wildman–Crippen MR) is 79.5 cm³/mol. The van der Waals surface area contributed by atoms with Gasteiger partial charge in [-0.2, -0.15) is 0 Å². The zero-order valence-electron chi connectivity index (χ0n) is 11.9. The number of carbonyl (C=O) groups is 2. The Balaban J connectivity index is 1.75. The molecule has 1 spiro atoms. The first-order chi connectivity index (χ1) is 10.6. The molecule has 2 saturated heterocycles. The Hall–Kier alpha value is -1.85. The standard InChI is InChI=1S/C16H14ClNO4/c1-21-15(20)12-11-6-7-16(22-11)8-18(14(19)13(12)16)10-5-3-2-4-9(10)17/h2-7,11-13H,8H2,1H3/t11-,12+,13-,16+/m1/s1. The van der Waals surface area contributed by atoms with E-state index in [0.29, 0.717) is 17.3 Å². The Morgan fingerprint density at radius 3 is 2.95 bits per heavy atom. The van der Waals surface area contributed by atoms with Crippen LogP contribution in [0.4, 0.5) is 5.69 Å². The zero-order chi connectivity index (χ0) is 15.5. The third-order valence-corrected chi connectivity index (χ3v) is 5.04. The van der Waals surface area contributed by atoms with Crippen LogP contribution in [0.15, 0.2) is 36.4 Å². The highest BCUT2D eigenvalue weighted by Crippen LogP contribution is 2.53. The normalized spacial score (nSPS) is 35.1. The van der Waals surface area contributed by atoms with Gasteiger partial charge in [0.25, 0.3) is 0 Å². The molecule has 114 valence electrons. The highest BCUT2D eigenvalue weighted by molar-refractivity contribution is 6.34. The van der Waals surface area contributed by atoms with Crippen LogP contribution in [-0.2, 0) is 19.1 Å². The average Bonchev–Trinajstić information content (AvgIpc) is 3.15. The van der Waals surface area contributed by atoms with E-state index in [-0.39, 0.29) is 12.0 Å². The molecule has 0 saturated carbocycles. The minimum Gasteiger partial charge on any atom is -0.469 e. The molecule has 3 aliphatic heterocycles. The second-order valence-electron chi connectivity index (χ2n) is 5.80. The van der Waals surface area contributed by atoms with Gasteiger partial charge < -0.3 is 14.4 Å². The lowest BCUT2D eigenvalue weighted by Gasteiger charge is -2.22. The number of rotatable bonds is 2. The molecule has 0 aliphatic carbocycles. The summed E-state index contributed by atoms with van der Waals surface area (Å²) < 4.78 is 10.8. The van der Waals surface area contributed by atoms with Gasteiger partial charge in [-0.1, -0.05) is 35.9 Å². The van der Waals surface area contributed by atoms with Gasteiger partial charge in [0.15, 0.2) is 0 Å². The van der Waals surface area contributed by atoms with E-state index in [0.717, 1.165) is 0 Å². The summed E-state index contributed by atoms with van der Waals surface area (Å²) in [5.41, 5.74) is -0.109. The Labute approximate surface area is 132 Å². The van der Waals surface area contributed by atoms with E-state index in [2.05, 4.69) is 0 Å². The van der Waals surface area contributed by atoms with E-state index in [1.807, 2.05) is 24.3 Å². The Kier molecular flexibility index (Phi) is 2.86. The van der Waals surface area contributed by atoms with Crippen LogP contribution in [0.5, 0.6) is 0 Å². The third kappa shape index (κ3) is 1.63. The summed E-state index contributed by atoms with van der Waals surface area (Å²) in [5, 5.41) is 0.500. The van der Waals surface area contributed by atoms with Crippen molar-refractivity contribution < 1.29 is 19.1 Å². The molecule has 2 fully saturated rings. The molecule has 5 nitrogen and oxygen atoms in total. The van der Waals surface area contributed by atoms with Crippen molar-refractivity contribution >= 4 is 29.2 Å². The molecule has 2 bridgehead atoms. The number of para-hydroxylation sites is 1. The van der Waals surface area contributed by atoms with Gasteiger partial charge in [-0.15, -0.1) is 0 Å². The number of esters is 1. The van der Waals surface area contributed by atoms with Crippen LogP contribution in [0.25, 0.3) is 0 Å². The molecular formula is C16H14ClNO4. The fourth-order valence-corrected chi connectivity index (χ4v) is 4.02. The summed E-state index contributed by atoms with van der Waals surface area (Å²) in [6, 6.07) is 7.17. The summed E-state index contributed by atoms with van der Waals surface area (Å²) >= 11 is 6.21. The fraction of sp³-hybridized carbons (Fsp3) is 0.375.